The maximum Gasteiger partial charge on any atom is 0.239 e. The number of carbonyl (C=O) groups excluding carboxylic acids is 1. The van der Waals surface area contributed by atoms with Gasteiger partial charge in [0.05, 0.1) is 18.5 Å². The van der Waals surface area contributed by atoms with E-state index in [1.165, 1.54) is 4.31 Å². The zero-order chi connectivity index (χ0) is 15.3. The van der Waals surface area contributed by atoms with Crippen LogP contribution in [0.3, 0.4) is 0 Å². The molecule has 5 nitrogen and oxygen atoms in total. The zero-order valence-corrected chi connectivity index (χ0v) is 14.2. The average Bonchev–Trinajstić information content (AvgIpc) is 2.31. The normalized spacial score (nSPS) is 11.7. The minimum absolute atomic E-state index is 0.174. The van der Waals surface area contributed by atoms with Crippen LogP contribution >= 0.6 is 15.9 Å². The van der Waals surface area contributed by atoms with Gasteiger partial charge < -0.3 is 5.32 Å². The number of sulfonamides is 1. The molecule has 0 bridgehead atoms. The van der Waals surface area contributed by atoms with Crippen molar-refractivity contribution in [3.05, 3.63) is 28.2 Å². The van der Waals surface area contributed by atoms with E-state index in [9.17, 15) is 13.2 Å². The highest BCUT2D eigenvalue weighted by Crippen LogP contribution is 2.23. The van der Waals surface area contributed by atoms with Gasteiger partial charge in [0.2, 0.25) is 15.9 Å². The molecule has 1 aromatic carbocycles. The molecule has 1 aromatic rings. The van der Waals surface area contributed by atoms with E-state index in [2.05, 4.69) is 21.2 Å². The highest BCUT2D eigenvalue weighted by molar-refractivity contribution is 9.10. The summed E-state index contributed by atoms with van der Waals surface area (Å²) >= 11 is 3.37. The fourth-order valence-electron chi connectivity index (χ4n) is 1.68. The molecule has 0 atom stereocenters. The lowest BCUT2D eigenvalue weighted by Crippen LogP contribution is -2.37. The molecule has 0 saturated carbocycles. The molecular weight excluding hydrogens is 344 g/mol. The van der Waals surface area contributed by atoms with Crippen LogP contribution in [0.15, 0.2) is 22.7 Å². The summed E-state index contributed by atoms with van der Waals surface area (Å²) in [5, 5.41) is 2.71. The fourth-order valence-corrected chi connectivity index (χ4v) is 3.14. The van der Waals surface area contributed by atoms with Crippen molar-refractivity contribution in [2.24, 2.45) is 0 Å². The lowest BCUT2D eigenvalue weighted by atomic mass is 10.2. The van der Waals surface area contributed by atoms with Crippen LogP contribution < -0.4 is 5.32 Å². The van der Waals surface area contributed by atoms with Crippen LogP contribution in [0.5, 0.6) is 0 Å². The molecule has 0 radical (unpaired) electrons. The fraction of sp³-hybridized carbons (Fsp3) is 0.462. The predicted molar refractivity (Wildman–Crippen MR) is 84.2 cm³/mol. The number of carbonyl (C=O) groups is 1. The molecule has 1 rings (SSSR count). The maximum atomic E-state index is 11.9. The minimum Gasteiger partial charge on any atom is -0.324 e. The third-order valence-electron chi connectivity index (χ3n) is 2.66. The Morgan fingerprint density at radius 3 is 2.55 bits per heavy atom. The average molecular weight is 363 g/mol. The van der Waals surface area contributed by atoms with E-state index in [-0.39, 0.29) is 12.5 Å². The second-order valence-electron chi connectivity index (χ2n) is 4.63. The number of hydrogen-bond acceptors (Lipinski definition) is 3. The van der Waals surface area contributed by atoms with E-state index in [0.717, 1.165) is 16.3 Å². The van der Waals surface area contributed by atoms with Crippen molar-refractivity contribution in [1.29, 1.82) is 0 Å². The highest BCUT2D eigenvalue weighted by atomic mass is 79.9. The Balaban J connectivity index is 2.75. The molecule has 7 heteroatoms. The van der Waals surface area contributed by atoms with E-state index < -0.39 is 10.0 Å². The maximum absolute atomic E-state index is 11.9. The minimum atomic E-state index is -3.37. The number of hydrogen-bond donors (Lipinski definition) is 1. The van der Waals surface area contributed by atoms with Crippen molar-refractivity contribution in [3.63, 3.8) is 0 Å². The standard InChI is InChI=1S/C13H19BrN2O3S/c1-4-7-16(20(3,18)19)9-13(17)15-12-6-5-10(2)8-11(12)14/h5-6,8H,4,7,9H2,1-3H3,(H,15,17). The molecule has 0 heterocycles. The summed E-state index contributed by atoms with van der Waals surface area (Å²) in [6, 6.07) is 5.54. The number of anilines is 1. The largest absolute Gasteiger partial charge is 0.324 e. The first-order valence-corrected chi connectivity index (χ1v) is 8.89. The quantitative estimate of drug-likeness (QED) is 0.844. The van der Waals surface area contributed by atoms with Gasteiger partial charge in [-0.3, -0.25) is 4.79 Å². The predicted octanol–water partition coefficient (Wildman–Crippen LogP) is 2.37. The first kappa shape index (κ1) is 17.1. The Morgan fingerprint density at radius 1 is 1.40 bits per heavy atom. The smallest absolute Gasteiger partial charge is 0.239 e. The molecule has 0 aliphatic carbocycles. The van der Waals surface area contributed by atoms with Crippen LogP contribution in [0.25, 0.3) is 0 Å². The number of amides is 1. The Hall–Kier alpha value is -0.920. The van der Waals surface area contributed by atoms with Gasteiger partial charge in [0.25, 0.3) is 0 Å². The van der Waals surface area contributed by atoms with Crippen molar-refractivity contribution >= 4 is 37.5 Å². The van der Waals surface area contributed by atoms with Crippen LogP contribution in [0.4, 0.5) is 5.69 Å². The summed E-state index contributed by atoms with van der Waals surface area (Å²) in [7, 11) is -3.37. The van der Waals surface area contributed by atoms with Crippen LogP contribution in [0.1, 0.15) is 18.9 Å². The molecule has 0 fully saturated rings. The van der Waals surface area contributed by atoms with E-state index in [1.807, 2.05) is 26.0 Å². The number of rotatable bonds is 6. The van der Waals surface area contributed by atoms with Crippen LogP contribution in [-0.4, -0.2) is 38.0 Å². The Bertz CT molecular complexity index is 587. The van der Waals surface area contributed by atoms with Gasteiger partial charge in [-0.25, -0.2) is 8.42 Å². The van der Waals surface area contributed by atoms with E-state index in [4.69, 9.17) is 0 Å². The first-order valence-electron chi connectivity index (χ1n) is 6.25. The third kappa shape index (κ3) is 5.22. The van der Waals surface area contributed by atoms with Gasteiger partial charge >= 0.3 is 0 Å². The molecule has 0 saturated heterocycles. The lowest BCUT2D eigenvalue weighted by molar-refractivity contribution is -0.116. The molecule has 1 N–H and O–H groups in total. The lowest BCUT2D eigenvalue weighted by Gasteiger charge is -2.18. The van der Waals surface area contributed by atoms with E-state index in [0.29, 0.717) is 18.7 Å². The molecule has 0 unspecified atom stereocenters. The van der Waals surface area contributed by atoms with Crippen LogP contribution in [0, 0.1) is 6.92 Å². The SMILES string of the molecule is CCCN(CC(=O)Nc1ccc(C)cc1Br)S(C)(=O)=O. The van der Waals surface area contributed by atoms with Gasteiger partial charge in [0, 0.05) is 11.0 Å². The molecule has 1 amide bonds. The third-order valence-corrected chi connectivity index (χ3v) is 4.57. The summed E-state index contributed by atoms with van der Waals surface area (Å²) in [5.74, 6) is -0.353. The van der Waals surface area contributed by atoms with Gasteiger partial charge in [-0.15, -0.1) is 0 Å². The molecule has 112 valence electrons. The molecule has 0 aliphatic rings. The van der Waals surface area contributed by atoms with Crippen molar-refractivity contribution in [2.45, 2.75) is 20.3 Å². The van der Waals surface area contributed by atoms with E-state index in [1.54, 1.807) is 6.07 Å². The summed E-state index contributed by atoms with van der Waals surface area (Å²) in [6.07, 6.45) is 1.77. The Kier molecular flexibility index (Phi) is 6.16. The summed E-state index contributed by atoms with van der Waals surface area (Å²) < 4.78 is 25.1. The summed E-state index contributed by atoms with van der Waals surface area (Å²) in [4.78, 5) is 11.9. The van der Waals surface area contributed by atoms with E-state index >= 15 is 0 Å². The first-order chi connectivity index (χ1) is 9.24. The summed E-state index contributed by atoms with van der Waals surface area (Å²) in [5.41, 5.74) is 1.70. The van der Waals surface area contributed by atoms with Crippen molar-refractivity contribution < 1.29 is 13.2 Å². The Labute approximate surface area is 128 Å². The van der Waals surface area contributed by atoms with Gasteiger partial charge in [-0.2, -0.15) is 4.31 Å². The second kappa shape index (κ2) is 7.19. The molecule has 0 spiro atoms. The number of nitrogens with zero attached hydrogens (tertiary/aromatic N) is 1. The molecule has 20 heavy (non-hydrogen) atoms. The topological polar surface area (TPSA) is 66.5 Å². The van der Waals surface area contributed by atoms with Crippen molar-refractivity contribution in [3.8, 4) is 0 Å². The van der Waals surface area contributed by atoms with Crippen LogP contribution in [0.2, 0.25) is 0 Å². The monoisotopic (exact) mass is 362 g/mol. The van der Waals surface area contributed by atoms with Crippen molar-refractivity contribution in [2.75, 3.05) is 24.7 Å². The zero-order valence-electron chi connectivity index (χ0n) is 11.8. The molecule has 0 aliphatic heterocycles. The van der Waals surface area contributed by atoms with Crippen LogP contribution in [-0.2, 0) is 14.8 Å². The molecule has 0 aromatic heterocycles. The van der Waals surface area contributed by atoms with Gasteiger partial charge in [0.15, 0.2) is 0 Å². The number of halogens is 1. The van der Waals surface area contributed by atoms with Gasteiger partial charge in [-0.05, 0) is 47.0 Å². The Morgan fingerprint density at radius 2 is 2.05 bits per heavy atom. The molecular formula is C13H19BrN2O3S. The number of nitrogens with one attached hydrogen (secondary N) is 1. The van der Waals surface area contributed by atoms with Gasteiger partial charge in [0.1, 0.15) is 0 Å². The second-order valence-corrected chi connectivity index (χ2v) is 7.46. The van der Waals surface area contributed by atoms with Gasteiger partial charge in [-0.1, -0.05) is 13.0 Å². The highest BCUT2D eigenvalue weighted by Gasteiger charge is 2.19. The number of benzene rings is 1. The summed E-state index contributed by atoms with van der Waals surface area (Å²) in [6.45, 7) is 3.98. The number of aryl methyl sites for hydroxylation is 1. The van der Waals surface area contributed by atoms with Crippen molar-refractivity contribution in [1.82, 2.24) is 4.31 Å².